The summed E-state index contributed by atoms with van der Waals surface area (Å²) in [4.78, 5) is 0. The maximum atomic E-state index is 3.56. The summed E-state index contributed by atoms with van der Waals surface area (Å²) in [6.45, 7) is 8.58. The van der Waals surface area contributed by atoms with E-state index in [4.69, 9.17) is 0 Å². The van der Waals surface area contributed by atoms with Crippen molar-refractivity contribution < 1.29 is 0 Å². The first-order valence-electron chi connectivity index (χ1n) is 5.22. The van der Waals surface area contributed by atoms with Gasteiger partial charge >= 0.3 is 0 Å². The molecule has 1 heterocycles. The first kappa shape index (κ1) is 11.9. The molecule has 0 spiro atoms. The molecule has 2 nitrogen and oxygen atoms in total. The molecule has 1 aliphatic rings. The molecule has 2 heteroatoms. The average Bonchev–Trinajstić information content (AvgIpc) is 2.58. The molecule has 1 unspecified atom stereocenters. The van der Waals surface area contributed by atoms with Gasteiger partial charge in [-0.3, -0.25) is 0 Å². The zero-order valence-corrected chi connectivity index (χ0v) is 9.04. The Bertz CT molecular complexity index is 96.0. The van der Waals surface area contributed by atoms with E-state index in [1.807, 2.05) is 20.9 Å². The van der Waals surface area contributed by atoms with E-state index in [1.54, 1.807) is 0 Å². The smallest absolute Gasteiger partial charge is 0.0304 e. The van der Waals surface area contributed by atoms with Gasteiger partial charge in [0.15, 0.2) is 0 Å². The van der Waals surface area contributed by atoms with Crippen molar-refractivity contribution in [3.63, 3.8) is 0 Å². The van der Waals surface area contributed by atoms with Gasteiger partial charge in [0.2, 0.25) is 0 Å². The summed E-state index contributed by atoms with van der Waals surface area (Å²) in [5.41, 5.74) is 0.425. The molecule has 0 aromatic rings. The van der Waals surface area contributed by atoms with Gasteiger partial charge in [0, 0.05) is 12.1 Å². The van der Waals surface area contributed by atoms with Crippen LogP contribution < -0.4 is 10.6 Å². The lowest BCUT2D eigenvalue weighted by Gasteiger charge is -2.27. The summed E-state index contributed by atoms with van der Waals surface area (Å²) in [7, 11) is 2.03. The topological polar surface area (TPSA) is 24.1 Å². The van der Waals surface area contributed by atoms with Crippen LogP contribution in [0.25, 0.3) is 0 Å². The number of nitrogens with one attached hydrogen (secondary N) is 2. The molecule has 0 radical (unpaired) electrons. The third kappa shape index (κ3) is 3.11. The lowest BCUT2D eigenvalue weighted by molar-refractivity contribution is 0.350. The highest BCUT2D eigenvalue weighted by atomic mass is 15.0. The fourth-order valence-corrected chi connectivity index (χ4v) is 1.78. The van der Waals surface area contributed by atoms with Crippen LogP contribution in [0.2, 0.25) is 0 Å². The second-order valence-corrected chi connectivity index (χ2v) is 3.19. The Morgan fingerprint density at radius 2 is 2.08 bits per heavy atom. The zero-order chi connectivity index (χ0) is 9.45. The molecule has 0 amide bonds. The third-order valence-electron chi connectivity index (χ3n) is 2.52. The van der Waals surface area contributed by atoms with E-state index >= 15 is 0 Å². The summed E-state index contributed by atoms with van der Waals surface area (Å²) in [6.07, 6.45) is 3.92. The maximum Gasteiger partial charge on any atom is 0.0304 e. The van der Waals surface area contributed by atoms with Crippen molar-refractivity contribution in [3.05, 3.63) is 0 Å². The Morgan fingerprint density at radius 3 is 2.42 bits per heavy atom. The van der Waals surface area contributed by atoms with E-state index in [1.165, 1.54) is 25.8 Å². The lowest BCUT2D eigenvalue weighted by Crippen LogP contribution is -2.46. The van der Waals surface area contributed by atoms with Crippen LogP contribution in [0.15, 0.2) is 0 Å². The van der Waals surface area contributed by atoms with Gasteiger partial charge in [-0.2, -0.15) is 0 Å². The van der Waals surface area contributed by atoms with Gasteiger partial charge < -0.3 is 10.6 Å². The highest BCUT2D eigenvalue weighted by Gasteiger charge is 2.29. The highest BCUT2D eigenvalue weighted by Crippen LogP contribution is 2.21. The minimum Gasteiger partial charge on any atom is -0.318 e. The van der Waals surface area contributed by atoms with Gasteiger partial charge in [0.1, 0.15) is 0 Å². The molecule has 2 N–H and O–H groups in total. The van der Waals surface area contributed by atoms with Crippen LogP contribution >= 0.6 is 0 Å². The molecule has 0 aromatic heterocycles. The van der Waals surface area contributed by atoms with Crippen LogP contribution in [0.4, 0.5) is 0 Å². The summed E-state index contributed by atoms with van der Waals surface area (Å²) >= 11 is 0. The predicted octanol–water partition coefficient (Wildman–Crippen LogP) is 1.76. The van der Waals surface area contributed by atoms with Crippen LogP contribution in [0.3, 0.4) is 0 Å². The van der Waals surface area contributed by atoms with Crippen LogP contribution in [-0.2, 0) is 0 Å². The quantitative estimate of drug-likeness (QED) is 0.678. The summed E-state index contributed by atoms with van der Waals surface area (Å²) in [6, 6.07) is 0. The van der Waals surface area contributed by atoms with Gasteiger partial charge in [-0.1, -0.05) is 20.8 Å². The van der Waals surface area contributed by atoms with Crippen molar-refractivity contribution in [2.75, 3.05) is 20.1 Å². The zero-order valence-electron chi connectivity index (χ0n) is 9.04. The summed E-state index contributed by atoms with van der Waals surface area (Å²) in [5, 5.41) is 6.80. The Hall–Kier alpha value is -0.0800. The maximum absolute atomic E-state index is 3.56. The van der Waals surface area contributed by atoms with Gasteiger partial charge in [-0.25, -0.2) is 0 Å². The highest BCUT2D eigenvalue weighted by molar-refractivity contribution is 4.93. The van der Waals surface area contributed by atoms with Crippen molar-refractivity contribution in [1.29, 1.82) is 0 Å². The predicted molar refractivity (Wildman–Crippen MR) is 55.5 cm³/mol. The molecule has 74 valence electrons. The molecule has 0 saturated carbocycles. The van der Waals surface area contributed by atoms with Crippen molar-refractivity contribution in [2.24, 2.45) is 0 Å². The van der Waals surface area contributed by atoms with Crippen LogP contribution in [0.5, 0.6) is 0 Å². The Kier molecular flexibility index (Phi) is 6.39. The minimum atomic E-state index is 0.425. The SMILES string of the molecule is CC.CCC1(CNC)CCCN1. The van der Waals surface area contributed by atoms with Gasteiger partial charge in [-0.05, 0) is 32.9 Å². The average molecular weight is 172 g/mol. The first-order chi connectivity index (χ1) is 5.83. The number of likely N-dealkylation sites (N-methyl/N-ethyl adjacent to an activating group) is 1. The molecule has 0 aliphatic carbocycles. The van der Waals surface area contributed by atoms with Crippen molar-refractivity contribution >= 4 is 0 Å². The standard InChI is InChI=1S/C8H18N2.C2H6/c1-3-8(7-9-2)5-4-6-10-8;1-2/h9-10H,3-7H2,1-2H3;1-2H3. The minimum absolute atomic E-state index is 0.425. The number of rotatable bonds is 3. The molecule has 1 fully saturated rings. The normalized spacial score (nSPS) is 28.0. The largest absolute Gasteiger partial charge is 0.318 e. The Labute approximate surface area is 77.1 Å². The monoisotopic (exact) mass is 172 g/mol. The van der Waals surface area contributed by atoms with E-state index < -0.39 is 0 Å². The molecule has 0 bridgehead atoms. The number of hydrogen-bond acceptors (Lipinski definition) is 2. The number of hydrogen-bond donors (Lipinski definition) is 2. The molecular weight excluding hydrogens is 148 g/mol. The lowest BCUT2D eigenvalue weighted by atomic mass is 9.94. The van der Waals surface area contributed by atoms with E-state index in [9.17, 15) is 0 Å². The summed E-state index contributed by atoms with van der Waals surface area (Å²) < 4.78 is 0. The van der Waals surface area contributed by atoms with E-state index in [0.29, 0.717) is 5.54 Å². The van der Waals surface area contributed by atoms with E-state index in [2.05, 4.69) is 17.6 Å². The van der Waals surface area contributed by atoms with Crippen LogP contribution in [-0.4, -0.2) is 25.7 Å². The first-order valence-corrected chi connectivity index (χ1v) is 5.22. The van der Waals surface area contributed by atoms with Crippen molar-refractivity contribution in [1.82, 2.24) is 10.6 Å². The Morgan fingerprint density at radius 1 is 1.42 bits per heavy atom. The van der Waals surface area contributed by atoms with Gasteiger partial charge in [-0.15, -0.1) is 0 Å². The van der Waals surface area contributed by atoms with Crippen molar-refractivity contribution in [2.45, 2.75) is 45.6 Å². The van der Waals surface area contributed by atoms with Crippen LogP contribution in [0, 0.1) is 0 Å². The second-order valence-electron chi connectivity index (χ2n) is 3.19. The fraction of sp³-hybridized carbons (Fsp3) is 1.00. The summed E-state index contributed by atoms with van der Waals surface area (Å²) in [5.74, 6) is 0. The van der Waals surface area contributed by atoms with Crippen molar-refractivity contribution in [3.8, 4) is 0 Å². The third-order valence-corrected chi connectivity index (χ3v) is 2.52. The molecular formula is C10H24N2. The van der Waals surface area contributed by atoms with Crippen LogP contribution in [0.1, 0.15) is 40.0 Å². The molecule has 1 atom stereocenters. The molecule has 0 aromatic carbocycles. The molecule has 1 aliphatic heterocycles. The fourth-order valence-electron chi connectivity index (χ4n) is 1.78. The van der Waals surface area contributed by atoms with Gasteiger partial charge in [0.05, 0.1) is 0 Å². The Balaban J connectivity index is 0.000000561. The van der Waals surface area contributed by atoms with E-state index in [0.717, 1.165) is 6.54 Å². The molecule has 12 heavy (non-hydrogen) atoms. The second kappa shape index (κ2) is 6.44. The van der Waals surface area contributed by atoms with Gasteiger partial charge in [0.25, 0.3) is 0 Å². The van der Waals surface area contributed by atoms with E-state index in [-0.39, 0.29) is 0 Å². The molecule has 1 rings (SSSR count). The molecule has 1 saturated heterocycles.